The first-order chi connectivity index (χ1) is 9.36. The number of hydrogen-bond acceptors (Lipinski definition) is 8. The Kier molecular flexibility index (Phi) is 3.17. The first kappa shape index (κ1) is 11.8. The van der Waals surface area contributed by atoms with Crippen molar-refractivity contribution in [1.82, 2.24) is 20.2 Å². The van der Waals surface area contributed by atoms with Gasteiger partial charge < -0.3 is 5.32 Å². The maximum Gasteiger partial charge on any atom is 0.239 e. The highest BCUT2D eigenvalue weighted by Crippen LogP contribution is 2.27. The van der Waals surface area contributed by atoms with Crippen LogP contribution in [0.3, 0.4) is 0 Å². The van der Waals surface area contributed by atoms with E-state index in [1.54, 1.807) is 17.5 Å². The van der Waals surface area contributed by atoms with Crippen LogP contribution in [0, 0.1) is 0 Å². The Balaban J connectivity index is 1.89. The number of hydrogen-bond donors (Lipinski definition) is 3. The van der Waals surface area contributed by atoms with Gasteiger partial charge in [0.2, 0.25) is 5.95 Å². The number of hydrazine groups is 1. The van der Waals surface area contributed by atoms with E-state index in [4.69, 9.17) is 5.84 Å². The maximum atomic E-state index is 5.36. The zero-order valence-electron chi connectivity index (χ0n) is 9.87. The van der Waals surface area contributed by atoms with E-state index in [-0.39, 0.29) is 0 Å². The largest absolute Gasteiger partial charge is 0.363 e. The predicted molar refractivity (Wildman–Crippen MR) is 74.6 cm³/mol. The van der Waals surface area contributed by atoms with Gasteiger partial charge in [-0.15, -0.1) is 11.3 Å². The summed E-state index contributed by atoms with van der Waals surface area (Å²) in [6.07, 6.45) is 1.64. The maximum absolute atomic E-state index is 5.36. The third-order valence-corrected chi connectivity index (χ3v) is 3.41. The van der Waals surface area contributed by atoms with Gasteiger partial charge in [0.25, 0.3) is 0 Å². The Labute approximate surface area is 112 Å². The summed E-state index contributed by atoms with van der Waals surface area (Å²) in [5.41, 5.74) is 4.16. The zero-order valence-corrected chi connectivity index (χ0v) is 10.7. The van der Waals surface area contributed by atoms with Crippen LogP contribution in [0.4, 0.5) is 11.8 Å². The molecule has 0 aliphatic carbocycles. The molecule has 0 spiro atoms. The van der Waals surface area contributed by atoms with Crippen molar-refractivity contribution < 1.29 is 0 Å². The number of nitrogens with one attached hydrogen (secondary N) is 2. The van der Waals surface area contributed by atoms with Crippen LogP contribution in [0.2, 0.25) is 0 Å². The Bertz CT molecular complexity index is 682. The lowest BCUT2D eigenvalue weighted by molar-refractivity contribution is 0.921. The van der Waals surface area contributed by atoms with E-state index in [2.05, 4.69) is 30.9 Å². The van der Waals surface area contributed by atoms with Gasteiger partial charge in [-0.3, -0.25) is 5.43 Å². The molecule has 0 saturated carbocycles. The summed E-state index contributed by atoms with van der Waals surface area (Å²) in [6.45, 7) is 0.544. The van der Waals surface area contributed by atoms with Crippen molar-refractivity contribution in [3.05, 3.63) is 35.5 Å². The fourth-order valence-corrected chi connectivity index (χ4v) is 2.45. The minimum absolute atomic E-state index is 0.382. The van der Waals surface area contributed by atoms with Gasteiger partial charge in [0, 0.05) is 6.20 Å². The van der Waals surface area contributed by atoms with E-state index in [1.165, 1.54) is 0 Å². The highest BCUT2D eigenvalue weighted by Gasteiger charge is 2.08. The first-order valence-corrected chi connectivity index (χ1v) is 6.47. The van der Waals surface area contributed by atoms with Crippen molar-refractivity contribution in [3.63, 3.8) is 0 Å². The van der Waals surface area contributed by atoms with E-state index in [1.807, 2.05) is 23.6 Å². The molecular weight excluding hydrogens is 262 g/mol. The molecule has 19 heavy (non-hydrogen) atoms. The average molecular weight is 273 g/mol. The molecule has 0 bridgehead atoms. The smallest absolute Gasteiger partial charge is 0.239 e. The van der Waals surface area contributed by atoms with Crippen molar-refractivity contribution >= 4 is 33.3 Å². The Hall–Kier alpha value is -2.32. The molecule has 96 valence electrons. The third-order valence-electron chi connectivity index (χ3n) is 2.50. The van der Waals surface area contributed by atoms with Crippen molar-refractivity contribution in [2.75, 3.05) is 10.7 Å². The molecule has 4 N–H and O–H groups in total. The molecule has 0 aromatic carbocycles. The summed E-state index contributed by atoms with van der Waals surface area (Å²) < 4.78 is 0.989. The molecule has 0 fully saturated rings. The van der Waals surface area contributed by atoms with Crippen molar-refractivity contribution in [3.8, 4) is 0 Å². The van der Waals surface area contributed by atoms with E-state index < -0.39 is 0 Å². The molecule has 0 unspecified atom stereocenters. The number of anilines is 2. The first-order valence-electron chi connectivity index (χ1n) is 5.59. The summed E-state index contributed by atoms with van der Waals surface area (Å²) in [4.78, 5) is 8.58. The number of nitrogens with zero attached hydrogens (tertiary/aromatic N) is 4. The summed E-state index contributed by atoms with van der Waals surface area (Å²) in [6, 6.07) is 5.67. The van der Waals surface area contributed by atoms with Crippen LogP contribution >= 0.6 is 11.3 Å². The number of rotatable bonds is 4. The highest BCUT2D eigenvalue weighted by atomic mass is 32.1. The highest BCUT2D eigenvalue weighted by molar-refractivity contribution is 7.17. The van der Waals surface area contributed by atoms with E-state index in [9.17, 15) is 0 Å². The monoisotopic (exact) mass is 273 g/mol. The van der Waals surface area contributed by atoms with Gasteiger partial charge >= 0.3 is 0 Å². The molecule has 8 heteroatoms. The average Bonchev–Trinajstić information content (AvgIpc) is 2.94. The topological polar surface area (TPSA) is 102 Å². The summed E-state index contributed by atoms with van der Waals surface area (Å²) >= 11 is 1.58. The van der Waals surface area contributed by atoms with E-state index in [0.717, 1.165) is 21.7 Å². The molecule has 3 aromatic heterocycles. The minimum Gasteiger partial charge on any atom is -0.363 e. The molecule has 0 aliphatic heterocycles. The van der Waals surface area contributed by atoms with E-state index in [0.29, 0.717) is 12.5 Å². The number of nitrogens with two attached hydrogens (primary N) is 1. The lowest BCUT2D eigenvalue weighted by atomic mass is 10.4. The Morgan fingerprint density at radius 1 is 1.26 bits per heavy atom. The SMILES string of the molecule is NNc1nc(NCc2cccnn2)c2sccc2n1. The van der Waals surface area contributed by atoms with Gasteiger partial charge in [-0.1, -0.05) is 0 Å². The van der Waals surface area contributed by atoms with Gasteiger partial charge in [-0.25, -0.2) is 10.8 Å². The van der Waals surface area contributed by atoms with Gasteiger partial charge in [0.1, 0.15) is 5.82 Å². The molecule has 3 rings (SSSR count). The number of nitrogen functional groups attached to an aromatic ring is 1. The third kappa shape index (κ3) is 2.44. The molecule has 0 radical (unpaired) electrons. The van der Waals surface area contributed by atoms with Crippen molar-refractivity contribution in [2.24, 2.45) is 5.84 Å². The summed E-state index contributed by atoms with van der Waals surface area (Å²) in [5, 5.41) is 13.0. The molecule has 0 amide bonds. The normalized spacial score (nSPS) is 10.6. The predicted octanol–water partition coefficient (Wildman–Crippen LogP) is 1.38. The van der Waals surface area contributed by atoms with Crippen LogP contribution in [0.1, 0.15) is 5.69 Å². The van der Waals surface area contributed by atoms with Crippen LogP contribution in [0.15, 0.2) is 29.8 Å². The molecule has 0 saturated heterocycles. The second-order valence-corrected chi connectivity index (χ2v) is 4.66. The second kappa shape index (κ2) is 5.12. The molecule has 3 aromatic rings. The van der Waals surface area contributed by atoms with Crippen molar-refractivity contribution in [1.29, 1.82) is 0 Å². The van der Waals surface area contributed by atoms with Gasteiger partial charge in [0.05, 0.1) is 22.5 Å². The van der Waals surface area contributed by atoms with E-state index >= 15 is 0 Å². The van der Waals surface area contributed by atoms with Crippen LogP contribution in [0.5, 0.6) is 0 Å². The van der Waals surface area contributed by atoms with Gasteiger partial charge in [0.15, 0.2) is 0 Å². The van der Waals surface area contributed by atoms with Crippen LogP contribution in [-0.4, -0.2) is 20.2 Å². The Morgan fingerprint density at radius 2 is 2.21 bits per heavy atom. The standard InChI is InChI=1S/C11H11N7S/c12-17-11-15-8-3-5-19-9(8)10(16-11)13-6-7-2-1-4-14-18-7/h1-5H,6,12H2,(H2,13,15,16,17). The molecule has 0 atom stereocenters. The molecule has 3 heterocycles. The summed E-state index contributed by atoms with van der Waals surface area (Å²) in [5.74, 6) is 6.48. The van der Waals surface area contributed by atoms with Gasteiger partial charge in [-0.2, -0.15) is 15.2 Å². The van der Waals surface area contributed by atoms with Crippen LogP contribution < -0.4 is 16.6 Å². The minimum atomic E-state index is 0.382. The Morgan fingerprint density at radius 3 is 3.00 bits per heavy atom. The lowest BCUT2D eigenvalue weighted by Gasteiger charge is -2.07. The van der Waals surface area contributed by atoms with Crippen LogP contribution in [-0.2, 0) is 6.54 Å². The molecule has 0 aliphatic rings. The van der Waals surface area contributed by atoms with Gasteiger partial charge in [-0.05, 0) is 23.6 Å². The van der Waals surface area contributed by atoms with Crippen molar-refractivity contribution in [2.45, 2.75) is 6.54 Å². The quantitative estimate of drug-likeness (QED) is 0.487. The summed E-state index contributed by atoms with van der Waals surface area (Å²) in [7, 11) is 0. The van der Waals surface area contributed by atoms with Crippen LogP contribution in [0.25, 0.3) is 10.2 Å². The number of aromatic nitrogens is 4. The zero-order chi connectivity index (χ0) is 13.1. The molecule has 7 nitrogen and oxygen atoms in total. The number of thiophene rings is 1. The fourth-order valence-electron chi connectivity index (χ4n) is 1.65. The fraction of sp³-hybridized carbons (Fsp3) is 0.0909. The lowest BCUT2D eigenvalue weighted by Crippen LogP contribution is -2.12. The number of fused-ring (bicyclic) bond motifs is 1. The molecular formula is C11H11N7S. The second-order valence-electron chi connectivity index (χ2n) is 3.74.